The van der Waals surface area contributed by atoms with Gasteiger partial charge in [0.1, 0.15) is 0 Å². The van der Waals surface area contributed by atoms with Crippen LogP contribution in [0.2, 0.25) is 0 Å². The molecule has 0 amide bonds. The van der Waals surface area contributed by atoms with Crippen LogP contribution in [-0.4, -0.2) is 46.2 Å². The number of allylic oxidation sites excluding steroid dienone is 4. The molecule has 0 saturated heterocycles. The first-order valence-electron chi connectivity index (χ1n) is 13.9. The van der Waals surface area contributed by atoms with Gasteiger partial charge in [-0.15, -0.1) is 0 Å². The molecular weight excluding hydrogens is 452 g/mol. The number of hydrogen-bond donors (Lipinski definition) is 3. The Labute approximate surface area is 217 Å². The minimum atomic E-state index is -0.969. The average Bonchev–Trinajstić information content (AvgIpc) is 3.52. The van der Waals surface area contributed by atoms with Crippen LogP contribution in [0.1, 0.15) is 85.5 Å². The number of rotatable bonds is 7. The van der Waals surface area contributed by atoms with Gasteiger partial charge < -0.3 is 20.1 Å². The lowest BCUT2D eigenvalue weighted by molar-refractivity contribution is -0.158. The van der Waals surface area contributed by atoms with Crippen LogP contribution in [0.5, 0.6) is 0 Å². The standard InChI is InChI=1S/C31H46O5/c1-6-36-28(35)29(3,4)27(34)13-15-31(16-17-31)26-12-11-24-21(8-7-14-30(24,26)5)9-10-22-18-23(32)19-25(33)20(22)2/h9-10,13,15,23-27,32-34H,2,6-8,11-12,14,16-19H2,1,3-5H3/b15-13+,21-9+,22-10-/t23-,24+,25+,26+,27-,30+/m1/s1. The molecule has 6 atom stereocenters. The Kier molecular flexibility index (Phi) is 7.77. The summed E-state index contributed by atoms with van der Waals surface area (Å²) < 4.78 is 5.18. The molecule has 4 saturated carbocycles. The lowest BCUT2D eigenvalue weighted by Gasteiger charge is -2.45. The van der Waals surface area contributed by atoms with E-state index in [-0.39, 0.29) is 16.8 Å². The van der Waals surface area contributed by atoms with E-state index >= 15 is 0 Å². The quantitative estimate of drug-likeness (QED) is 0.323. The lowest BCUT2D eigenvalue weighted by atomic mass is 9.60. The molecule has 200 valence electrons. The average molecular weight is 499 g/mol. The molecule has 4 aliphatic rings. The molecule has 0 aromatic carbocycles. The Morgan fingerprint density at radius 2 is 1.94 bits per heavy atom. The van der Waals surface area contributed by atoms with Crippen LogP contribution in [0.15, 0.2) is 47.6 Å². The van der Waals surface area contributed by atoms with Crippen molar-refractivity contribution in [1.29, 1.82) is 0 Å². The summed E-state index contributed by atoms with van der Waals surface area (Å²) in [4.78, 5) is 12.3. The van der Waals surface area contributed by atoms with Crippen molar-refractivity contribution in [3.63, 3.8) is 0 Å². The summed E-state index contributed by atoms with van der Waals surface area (Å²) in [6.45, 7) is 12.1. The summed E-state index contributed by atoms with van der Waals surface area (Å²) in [7, 11) is 0. The second kappa shape index (κ2) is 10.2. The van der Waals surface area contributed by atoms with Crippen molar-refractivity contribution < 1.29 is 24.9 Å². The summed E-state index contributed by atoms with van der Waals surface area (Å²) in [6.07, 6.45) is 15.5. The fourth-order valence-corrected chi connectivity index (χ4v) is 7.39. The predicted molar refractivity (Wildman–Crippen MR) is 142 cm³/mol. The molecule has 3 N–H and O–H groups in total. The van der Waals surface area contributed by atoms with Crippen molar-refractivity contribution in [1.82, 2.24) is 0 Å². The van der Waals surface area contributed by atoms with Gasteiger partial charge in [-0.25, -0.2) is 0 Å². The molecule has 36 heavy (non-hydrogen) atoms. The van der Waals surface area contributed by atoms with E-state index in [1.54, 1.807) is 20.8 Å². The largest absolute Gasteiger partial charge is 0.465 e. The van der Waals surface area contributed by atoms with Crippen LogP contribution in [0.4, 0.5) is 0 Å². The van der Waals surface area contributed by atoms with Crippen molar-refractivity contribution in [3.05, 3.63) is 47.6 Å². The molecule has 5 heteroatoms. The fraction of sp³-hybridized carbons (Fsp3) is 0.710. The van der Waals surface area contributed by atoms with Gasteiger partial charge in [-0.1, -0.05) is 43.4 Å². The van der Waals surface area contributed by atoms with Crippen LogP contribution in [0, 0.1) is 28.1 Å². The molecule has 4 fully saturated rings. The number of fused-ring (bicyclic) bond motifs is 1. The summed E-state index contributed by atoms with van der Waals surface area (Å²) in [5.41, 5.74) is 2.56. The van der Waals surface area contributed by atoms with E-state index < -0.39 is 23.7 Å². The zero-order valence-corrected chi connectivity index (χ0v) is 22.6. The van der Waals surface area contributed by atoms with Crippen molar-refractivity contribution in [2.45, 2.75) is 104 Å². The molecule has 4 rings (SSSR count). The van der Waals surface area contributed by atoms with Crippen LogP contribution in [0.3, 0.4) is 0 Å². The first-order chi connectivity index (χ1) is 16.9. The van der Waals surface area contributed by atoms with Gasteiger partial charge in [0.25, 0.3) is 0 Å². The van der Waals surface area contributed by atoms with Gasteiger partial charge in [0.2, 0.25) is 0 Å². The van der Waals surface area contributed by atoms with E-state index in [0.717, 1.165) is 30.4 Å². The molecule has 0 radical (unpaired) electrons. The molecule has 0 aliphatic heterocycles. The van der Waals surface area contributed by atoms with Gasteiger partial charge in [0, 0.05) is 6.42 Å². The maximum atomic E-state index is 12.3. The molecule has 0 aromatic rings. The number of esters is 1. The van der Waals surface area contributed by atoms with Crippen molar-refractivity contribution in [2.24, 2.45) is 28.1 Å². The summed E-state index contributed by atoms with van der Waals surface area (Å²) >= 11 is 0. The highest BCUT2D eigenvalue weighted by molar-refractivity contribution is 5.77. The number of ether oxygens (including phenoxy) is 1. The second-order valence-corrected chi connectivity index (χ2v) is 12.6. The van der Waals surface area contributed by atoms with Gasteiger partial charge in [-0.05, 0) is 106 Å². The third-order valence-electron chi connectivity index (χ3n) is 9.90. The molecule has 5 nitrogen and oxygen atoms in total. The van der Waals surface area contributed by atoms with Crippen molar-refractivity contribution in [3.8, 4) is 0 Å². The number of carbonyl (C=O) groups excluding carboxylic acids is 1. The van der Waals surface area contributed by atoms with Crippen molar-refractivity contribution >= 4 is 5.97 Å². The fourth-order valence-electron chi connectivity index (χ4n) is 7.39. The molecular formula is C31H46O5. The minimum Gasteiger partial charge on any atom is -0.465 e. The Bertz CT molecular complexity index is 952. The highest BCUT2D eigenvalue weighted by atomic mass is 16.5. The topological polar surface area (TPSA) is 87.0 Å². The lowest BCUT2D eigenvalue weighted by Crippen LogP contribution is -2.38. The van der Waals surface area contributed by atoms with E-state index in [1.165, 1.54) is 31.3 Å². The maximum Gasteiger partial charge on any atom is 0.314 e. The van der Waals surface area contributed by atoms with Gasteiger partial charge in [0.05, 0.1) is 30.3 Å². The molecule has 0 heterocycles. The monoisotopic (exact) mass is 498 g/mol. The van der Waals surface area contributed by atoms with Gasteiger partial charge in [-0.2, -0.15) is 0 Å². The van der Waals surface area contributed by atoms with Crippen LogP contribution >= 0.6 is 0 Å². The zero-order valence-electron chi connectivity index (χ0n) is 22.6. The molecule has 0 unspecified atom stereocenters. The third-order valence-corrected chi connectivity index (χ3v) is 9.90. The van der Waals surface area contributed by atoms with Crippen molar-refractivity contribution in [2.75, 3.05) is 6.61 Å². The number of aliphatic hydroxyl groups is 3. The number of carbonyl (C=O) groups is 1. The molecule has 0 aromatic heterocycles. The van der Waals surface area contributed by atoms with E-state index in [2.05, 4.69) is 31.7 Å². The predicted octanol–water partition coefficient (Wildman–Crippen LogP) is 5.41. The Hall–Kier alpha value is -1.69. The first kappa shape index (κ1) is 27.3. The maximum absolute atomic E-state index is 12.3. The van der Waals surface area contributed by atoms with E-state index in [4.69, 9.17) is 4.74 Å². The zero-order chi connectivity index (χ0) is 26.3. The van der Waals surface area contributed by atoms with E-state index in [9.17, 15) is 20.1 Å². The second-order valence-electron chi connectivity index (χ2n) is 12.6. The number of hydrogen-bond acceptors (Lipinski definition) is 5. The normalized spacial score (nSPS) is 37.4. The highest BCUT2D eigenvalue weighted by Gasteiger charge is 2.60. The Balaban J connectivity index is 1.51. The Morgan fingerprint density at radius 3 is 2.61 bits per heavy atom. The number of aliphatic hydroxyl groups excluding tert-OH is 3. The molecule has 0 bridgehead atoms. The van der Waals surface area contributed by atoms with Crippen LogP contribution < -0.4 is 0 Å². The van der Waals surface area contributed by atoms with E-state index in [1.807, 2.05) is 6.08 Å². The third kappa shape index (κ3) is 5.04. The SMILES string of the molecule is C=C1/C(=C\C=C2/CCC[C@]3(C)[C@@H](C4(/C=C/[C@@H](O)C(C)(C)C(=O)OCC)CC4)CC[C@@H]23)C[C@@H](O)C[C@@H]1O. The summed E-state index contributed by atoms with van der Waals surface area (Å²) in [5, 5.41) is 31.2. The highest BCUT2D eigenvalue weighted by Crippen LogP contribution is 2.69. The first-order valence-corrected chi connectivity index (χ1v) is 13.9. The van der Waals surface area contributed by atoms with Gasteiger partial charge >= 0.3 is 5.97 Å². The Morgan fingerprint density at radius 1 is 1.22 bits per heavy atom. The summed E-state index contributed by atoms with van der Waals surface area (Å²) in [5.74, 6) is 0.733. The summed E-state index contributed by atoms with van der Waals surface area (Å²) in [6, 6.07) is 0. The smallest absolute Gasteiger partial charge is 0.314 e. The minimum absolute atomic E-state index is 0.113. The molecule has 0 spiro atoms. The van der Waals surface area contributed by atoms with Crippen LogP contribution in [0.25, 0.3) is 0 Å². The van der Waals surface area contributed by atoms with E-state index in [0.29, 0.717) is 31.3 Å². The van der Waals surface area contributed by atoms with Gasteiger partial charge in [0.15, 0.2) is 0 Å². The van der Waals surface area contributed by atoms with Crippen LogP contribution in [-0.2, 0) is 9.53 Å². The molecule has 4 aliphatic carbocycles. The van der Waals surface area contributed by atoms with Gasteiger partial charge in [-0.3, -0.25) is 4.79 Å².